The molecule has 0 N–H and O–H groups in total. The van der Waals surface area contributed by atoms with Gasteiger partial charge >= 0.3 is 72.8 Å². The summed E-state index contributed by atoms with van der Waals surface area (Å²) in [6, 6.07) is 0. The molecule has 0 aliphatic rings. The minimum absolute atomic E-state index is 0.0633. The third kappa shape index (κ3) is 4.90. The van der Waals surface area contributed by atoms with Crippen LogP contribution >= 0.6 is 0 Å². The topological polar surface area (TPSA) is 68.3 Å². The summed E-state index contributed by atoms with van der Waals surface area (Å²) in [6.07, 6.45) is 0. The molecule has 0 aliphatic carbocycles. The third-order valence-corrected chi connectivity index (χ3v) is 18.6. The molecule has 71 valence electrons. The van der Waals surface area contributed by atoms with E-state index < -0.39 is 30.6 Å². The van der Waals surface area contributed by atoms with E-state index in [2.05, 4.69) is 0 Å². The molecule has 0 aromatic heterocycles. The number of hydrogen-bond donors (Lipinski definition) is 0. The zero-order valence-electron chi connectivity index (χ0n) is 6.20. The Balaban J connectivity index is 4.54. The predicted octanol–water partition coefficient (Wildman–Crippen LogP) is -0.232. The van der Waals surface area contributed by atoms with Crippen molar-refractivity contribution in [1.82, 2.24) is 0 Å². The van der Waals surface area contributed by atoms with E-state index in [4.69, 9.17) is 0 Å². The second-order valence-electron chi connectivity index (χ2n) is 1.66. The number of rotatable bonds is 4. The zero-order chi connectivity index (χ0) is 9.12. The molecule has 0 amide bonds. The van der Waals surface area contributed by atoms with Gasteiger partial charge < -0.3 is 0 Å². The summed E-state index contributed by atoms with van der Waals surface area (Å²) in [4.78, 5) is 0. The Hall–Kier alpha value is 0.549. The van der Waals surface area contributed by atoms with Crippen molar-refractivity contribution in [3.05, 3.63) is 0 Å². The Labute approximate surface area is 72.8 Å². The Bertz CT molecular complexity index is 269. The van der Waals surface area contributed by atoms with Gasteiger partial charge in [0.15, 0.2) is 0 Å². The van der Waals surface area contributed by atoms with Crippen LogP contribution in [0.25, 0.3) is 0 Å². The fourth-order valence-corrected chi connectivity index (χ4v) is 15.3. The molecule has 0 aromatic carbocycles. The predicted molar refractivity (Wildman–Crippen MR) is 38.9 cm³/mol. The van der Waals surface area contributed by atoms with Gasteiger partial charge in [0.2, 0.25) is 0 Å². The van der Waals surface area contributed by atoms with Gasteiger partial charge in [-0.05, 0) is 0 Å². The van der Waals surface area contributed by atoms with E-state index in [0.29, 0.717) is 0 Å². The molecule has 0 aromatic rings. The summed E-state index contributed by atoms with van der Waals surface area (Å²) < 4.78 is 43.4. The summed E-state index contributed by atoms with van der Waals surface area (Å²) in [6.45, 7) is 2.92. The first-order valence-corrected chi connectivity index (χ1v) is 11.8. The zero-order valence-corrected chi connectivity index (χ0v) is 10.2. The standard InChI is InChI=1S/2C2H5O2S.Ir/c2*1-2-5(3)4;/h2*2H2,1H3;. The van der Waals surface area contributed by atoms with Gasteiger partial charge in [0.05, 0.1) is 0 Å². The Morgan fingerprint density at radius 1 is 0.909 bits per heavy atom. The van der Waals surface area contributed by atoms with Crippen LogP contribution in [-0.2, 0) is 30.6 Å². The van der Waals surface area contributed by atoms with Crippen molar-refractivity contribution in [1.29, 1.82) is 0 Å². The first-order valence-electron chi connectivity index (χ1n) is 2.93. The second-order valence-corrected chi connectivity index (χ2v) is 17.8. The van der Waals surface area contributed by atoms with Crippen LogP contribution in [0.1, 0.15) is 13.8 Å². The van der Waals surface area contributed by atoms with Crippen molar-refractivity contribution in [2.75, 3.05) is 11.5 Å². The maximum atomic E-state index is 10.9. The summed E-state index contributed by atoms with van der Waals surface area (Å²) in [5.41, 5.74) is 0. The van der Waals surface area contributed by atoms with E-state index in [0.717, 1.165) is 0 Å². The van der Waals surface area contributed by atoms with E-state index in [1.807, 2.05) is 0 Å². The molecular formula is C4H10IrO4S2. The first kappa shape index (κ1) is 11.5. The molecule has 0 fully saturated rings. The van der Waals surface area contributed by atoms with Crippen LogP contribution in [0.3, 0.4) is 0 Å². The van der Waals surface area contributed by atoms with E-state index in [1.54, 1.807) is 0 Å². The van der Waals surface area contributed by atoms with Gasteiger partial charge in [-0.3, -0.25) is 0 Å². The fraction of sp³-hybridized carbons (Fsp3) is 1.00. The third-order valence-electron chi connectivity index (χ3n) is 0.833. The average molecular weight is 378 g/mol. The summed E-state index contributed by atoms with van der Waals surface area (Å²) in [5, 5.41) is 0. The summed E-state index contributed by atoms with van der Waals surface area (Å²) in [5.74, 6) is -0.127. The molecule has 4 nitrogen and oxygen atoms in total. The van der Waals surface area contributed by atoms with E-state index in [-0.39, 0.29) is 11.5 Å². The minimum atomic E-state index is -3.25. The molecule has 7 heteroatoms. The molecular weight excluding hydrogens is 368 g/mol. The molecule has 0 heterocycles. The molecule has 0 unspecified atom stereocenters. The van der Waals surface area contributed by atoms with Gasteiger partial charge in [0.25, 0.3) is 0 Å². The van der Waals surface area contributed by atoms with Gasteiger partial charge in [-0.25, -0.2) is 0 Å². The molecule has 0 atom stereocenters. The average Bonchev–Trinajstić information content (AvgIpc) is 1.86. The van der Waals surface area contributed by atoms with Crippen molar-refractivity contribution >= 4 is 15.4 Å². The molecule has 0 saturated carbocycles. The SMILES string of the molecule is CC[S](=O)(=O)[Ir][S](=O)(=O)CC. The van der Waals surface area contributed by atoms with E-state index in [9.17, 15) is 16.8 Å². The Morgan fingerprint density at radius 3 is 1.36 bits per heavy atom. The van der Waals surface area contributed by atoms with Gasteiger partial charge in [-0.1, -0.05) is 0 Å². The van der Waals surface area contributed by atoms with Gasteiger partial charge in [-0.2, -0.15) is 0 Å². The van der Waals surface area contributed by atoms with Crippen LogP contribution in [0.5, 0.6) is 0 Å². The molecule has 0 saturated heterocycles. The van der Waals surface area contributed by atoms with Crippen molar-refractivity contribution in [3.63, 3.8) is 0 Å². The van der Waals surface area contributed by atoms with Gasteiger partial charge in [0.1, 0.15) is 0 Å². The molecule has 0 bridgehead atoms. The summed E-state index contributed by atoms with van der Waals surface area (Å²) in [7, 11) is -6.50. The summed E-state index contributed by atoms with van der Waals surface area (Å²) >= 11 is -1.86. The first-order chi connectivity index (χ1) is 4.83. The Morgan fingerprint density at radius 2 is 1.18 bits per heavy atom. The van der Waals surface area contributed by atoms with Gasteiger partial charge in [-0.15, -0.1) is 0 Å². The fourth-order valence-electron chi connectivity index (χ4n) is 0.208. The second kappa shape index (κ2) is 3.98. The monoisotopic (exact) mass is 379 g/mol. The normalized spacial score (nSPS) is 13.6. The van der Waals surface area contributed by atoms with Gasteiger partial charge in [0, 0.05) is 0 Å². The van der Waals surface area contributed by atoms with Crippen LogP contribution in [0.15, 0.2) is 0 Å². The maximum absolute atomic E-state index is 10.9. The molecule has 0 rings (SSSR count). The van der Waals surface area contributed by atoms with Crippen LogP contribution in [0, 0.1) is 0 Å². The van der Waals surface area contributed by atoms with E-state index >= 15 is 0 Å². The van der Waals surface area contributed by atoms with Crippen molar-refractivity contribution < 1.29 is 32.0 Å². The van der Waals surface area contributed by atoms with Crippen LogP contribution < -0.4 is 0 Å². The number of hydrogen-bond acceptors (Lipinski definition) is 4. The van der Waals surface area contributed by atoms with Crippen molar-refractivity contribution in [2.45, 2.75) is 13.8 Å². The van der Waals surface area contributed by atoms with Crippen molar-refractivity contribution in [2.24, 2.45) is 0 Å². The molecule has 0 aliphatic heterocycles. The Kier molecular flexibility index (Phi) is 4.18. The quantitative estimate of drug-likeness (QED) is 0.678. The molecule has 0 radical (unpaired) electrons. The van der Waals surface area contributed by atoms with Crippen LogP contribution in [-0.4, -0.2) is 28.3 Å². The molecule has 0 spiro atoms. The van der Waals surface area contributed by atoms with E-state index in [1.165, 1.54) is 13.8 Å². The molecule has 11 heavy (non-hydrogen) atoms. The van der Waals surface area contributed by atoms with Crippen LogP contribution in [0.4, 0.5) is 0 Å². The van der Waals surface area contributed by atoms with Crippen molar-refractivity contribution in [3.8, 4) is 0 Å². The van der Waals surface area contributed by atoms with Crippen LogP contribution in [0.2, 0.25) is 0 Å².